The lowest BCUT2D eigenvalue weighted by Crippen LogP contribution is -2.11. The Kier molecular flexibility index (Phi) is 3.26. The summed E-state index contributed by atoms with van der Waals surface area (Å²) >= 11 is 1.18. The number of primary amides is 1. The summed E-state index contributed by atoms with van der Waals surface area (Å²) in [6.07, 6.45) is 2.77. The van der Waals surface area contributed by atoms with Gasteiger partial charge >= 0.3 is 5.97 Å². The van der Waals surface area contributed by atoms with Gasteiger partial charge in [0.25, 0.3) is 0 Å². The van der Waals surface area contributed by atoms with Crippen LogP contribution in [-0.2, 0) is 0 Å². The van der Waals surface area contributed by atoms with Crippen LogP contribution in [0.15, 0.2) is 18.5 Å². The van der Waals surface area contributed by atoms with Gasteiger partial charge in [-0.1, -0.05) is 11.3 Å². The van der Waals surface area contributed by atoms with Crippen LogP contribution in [0.25, 0.3) is 21.7 Å². The average Bonchev–Trinajstić information content (AvgIpc) is 3.10. The number of thiophene rings is 1. The third kappa shape index (κ3) is 2.17. The fourth-order valence-electron chi connectivity index (χ4n) is 2.01. The van der Waals surface area contributed by atoms with Crippen molar-refractivity contribution in [3.05, 3.63) is 29.6 Å². The van der Waals surface area contributed by atoms with E-state index in [0.717, 1.165) is 0 Å². The second-order valence-electron chi connectivity index (χ2n) is 4.34. The van der Waals surface area contributed by atoms with Gasteiger partial charge in [-0.3, -0.25) is 4.79 Å². The van der Waals surface area contributed by atoms with Crippen LogP contribution in [0.1, 0.15) is 20.7 Å². The predicted molar refractivity (Wildman–Crippen MR) is 79.2 cm³/mol. The Morgan fingerprint density at radius 3 is 2.82 bits per heavy atom. The van der Waals surface area contributed by atoms with E-state index >= 15 is 0 Å². The summed E-state index contributed by atoms with van der Waals surface area (Å²) in [5.74, 6) is -1.74. The van der Waals surface area contributed by atoms with Gasteiger partial charge in [0.2, 0.25) is 5.91 Å². The number of H-pyrrole nitrogens is 1. The Balaban J connectivity index is 2.22. The summed E-state index contributed by atoms with van der Waals surface area (Å²) in [6.45, 7) is 0. The van der Waals surface area contributed by atoms with Gasteiger partial charge in [-0.15, -0.1) is 0 Å². The lowest BCUT2D eigenvalue weighted by molar-refractivity contribution is 0.0698. The highest BCUT2D eigenvalue weighted by Gasteiger charge is 2.19. The van der Waals surface area contributed by atoms with E-state index in [1.807, 2.05) is 0 Å². The predicted octanol–water partition coefficient (Wildman–Crippen LogP) is 1.49. The zero-order valence-electron chi connectivity index (χ0n) is 11.3. The van der Waals surface area contributed by atoms with Crippen LogP contribution < -0.4 is 10.5 Å². The molecule has 0 saturated carbocycles. The maximum absolute atomic E-state index is 11.5. The first-order valence-corrected chi connectivity index (χ1v) is 6.88. The van der Waals surface area contributed by atoms with E-state index in [9.17, 15) is 9.59 Å². The topological polar surface area (TPSA) is 131 Å². The zero-order valence-corrected chi connectivity index (χ0v) is 12.1. The Labute approximate surface area is 127 Å². The van der Waals surface area contributed by atoms with E-state index in [1.165, 1.54) is 36.9 Å². The molecule has 0 aromatic carbocycles. The SMILES string of the molecule is COc1cc(C(N)=O)c(-c2cnc3[nH]cc(C(=O)O)c3n2)s1. The molecular formula is C13H10N4O4S. The smallest absolute Gasteiger partial charge is 0.339 e. The molecule has 0 saturated heterocycles. The third-order valence-electron chi connectivity index (χ3n) is 3.02. The van der Waals surface area contributed by atoms with Crippen LogP contribution in [0, 0.1) is 0 Å². The van der Waals surface area contributed by atoms with E-state index in [1.54, 1.807) is 0 Å². The number of nitrogens with one attached hydrogen (secondary N) is 1. The Morgan fingerprint density at radius 2 is 2.18 bits per heavy atom. The molecule has 3 aromatic rings. The van der Waals surface area contributed by atoms with Gasteiger partial charge in [0.05, 0.1) is 23.7 Å². The zero-order chi connectivity index (χ0) is 15.9. The number of carbonyl (C=O) groups is 2. The molecule has 0 aliphatic heterocycles. The normalized spacial score (nSPS) is 10.8. The minimum atomic E-state index is -1.11. The minimum absolute atomic E-state index is 0.00787. The number of aromatic nitrogens is 3. The van der Waals surface area contributed by atoms with Crippen LogP contribution in [0.4, 0.5) is 0 Å². The van der Waals surface area contributed by atoms with Crippen molar-refractivity contribution in [3.63, 3.8) is 0 Å². The number of carbonyl (C=O) groups excluding carboxylic acids is 1. The first-order valence-electron chi connectivity index (χ1n) is 6.06. The molecule has 3 heterocycles. The van der Waals surface area contributed by atoms with Gasteiger partial charge in [-0.05, 0) is 0 Å². The van der Waals surface area contributed by atoms with Crippen molar-refractivity contribution >= 4 is 34.4 Å². The van der Waals surface area contributed by atoms with Crippen LogP contribution in [0.3, 0.4) is 0 Å². The molecule has 112 valence electrons. The number of fused-ring (bicyclic) bond motifs is 1. The number of nitrogens with zero attached hydrogens (tertiary/aromatic N) is 2. The number of aromatic carboxylic acids is 1. The van der Waals surface area contributed by atoms with Crippen molar-refractivity contribution in [1.29, 1.82) is 0 Å². The Hall–Kier alpha value is -2.94. The number of methoxy groups -OCH3 is 1. The molecule has 0 aliphatic carbocycles. The standard InChI is InChI=1S/C13H10N4O4S/c1-21-8-2-5(11(14)18)10(22-8)7-4-16-12-9(17-7)6(3-15-12)13(19)20/h2-4H,1H3,(H2,14,18)(H,15,16)(H,19,20). The molecule has 8 nitrogen and oxygen atoms in total. The molecule has 1 amide bonds. The van der Waals surface area contributed by atoms with Crippen molar-refractivity contribution in [3.8, 4) is 15.6 Å². The van der Waals surface area contributed by atoms with Crippen molar-refractivity contribution < 1.29 is 19.4 Å². The van der Waals surface area contributed by atoms with E-state index in [-0.39, 0.29) is 16.6 Å². The maximum atomic E-state index is 11.5. The summed E-state index contributed by atoms with van der Waals surface area (Å²) in [5.41, 5.74) is 6.54. The number of ether oxygens (including phenoxy) is 1. The van der Waals surface area contributed by atoms with Gasteiger partial charge in [-0.2, -0.15) is 0 Å². The average molecular weight is 318 g/mol. The first kappa shape index (κ1) is 14.0. The molecule has 0 atom stereocenters. The van der Waals surface area contributed by atoms with Crippen molar-refractivity contribution in [2.75, 3.05) is 7.11 Å². The number of nitrogens with two attached hydrogens (primary N) is 1. The fraction of sp³-hybridized carbons (Fsp3) is 0.0769. The van der Waals surface area contributed by atoms with E-state index < -0.39 is 11.9 Å². The summed E-state index contributed by atoms with van der Waals surface area (Å²) in [4.78, 5) is 34.3. The van der Waals surface area contributed by atoms with Crippen molar-refractivity contribution in [1.82, 2.24) is 15.0 Å². The lowest BCUT2D eigenvalue weighted by Gasteiger charge is -2.00. The molecule has 0 fully saturated rings. The lowest BCUT2D eigenvalue weighted by atomic mass is 10.2. The van der Waals surface area contributed by atoms with Gasteiger partial charge in [0.1, 0.15) is 16.8 Å². The van der Waals surface area contributed by atoms with Crippen LogP contribution in [0.2, 0.25) is 0 Å². The summed E-state index contributed by atoms with van der Waals surface area (Å²) in [6, 6.07) is 1.52. The first-order chi connectivity index (χ1) is 10.5. The van der Waals surface area contributed by atoms with E-state index in [4.69, 9.17) is 15.6 Å². The second kappa shape index (κ2) is 5.11. The van der Waals surface area contributed by atoms with E-state index in [2.05, 4.69) is 15.0 Å². The van der Waals surface area contributed by atoms with Crippen LogP contribution in [-0.4, -0.2) is 39.0 Å². The molecule has 0 spiro atoms. The van der Waals surface area contributed by atoms with Gasteiger partial charge in [0, 0.05) is 12.3 Å². The number of rotatable bonds is 4. The molecule has 0 aliphatic rings. The monoisotopic (exact) mass is 318 g/mol. The van der Waals surface area contributed by atoms with Gasteiger partial charge < -0.3 is 20.6 Å². The molecule has 0 unspecified atom stereocenters. The molecule has 3 rings (SSSR count). The molecule has 4 N–H and O–H groups in total. The van der Waals surface area contributed by atoms with Crippen molar-refractivity contribution in [2.24, 2.45) is 5.73 Å². The largest absolute Gasteiger partial charge is 0.487 e. The van der Waals surface area contributed by atoms with Crippen molar-refractivity contribution in [2.45, 2.75) is 0 Å². The second-order valence-corrected chi connectivity index (χ2v) is 5.35. The highest BCUT2D eigenvalue weighted by molar-refractivity contribution is 7.17. The Bertz CT molecular complexity index is 899. The minimum Gasteiger partial charge on any atom is -0.487 e. The molecule has 0 radical (unpaired) electrons. The molecular weight excluding hydrogens is 308 g/mol. The summed E-state index contributed by atoms with van der Waals surface area (Å²) in [5, 5.41) is 9.64. The molecule has 3 aromatic heterocycles. The number of carboxylic acid groups (broad SMARTS) is 1. The number of amides is 1. The molecule has 22 heavy (non-hydrogen) atoms. The summed E-state index contributed by atoms with van der Waals surface area (Å²) in [7, 11) is 1.48. The number of hydrogen-bond acceptors (Lipinski definition) is 6. The van der Waals surface area contributed by atoms with Gasteiger partial charge in [-0.25, -0.2) is 14.8 Å². The Morgan fingerprint density at radius 1 is 1.41 bits per heavy atom. The summed E-state index contributed by atoms with van der Waals surface area (Å²) < 4.78 is 5.10. The van der Waals surface area contributed by atoms with E-state index in [0.29, 0.717) is 21.3 Å². The number of hydrogen-bond donors (Lipinski definition) is 3. The number of aromatic amines is 1. The third-order valence-corrected chi connectivity index (χ3v) is 4.14. The quantitative estimate of drug-likeness (QED) is 0.668. The molecule has 0 bridgehead atoms. The highest BCUT2D eigenvalue weighted by atomic mass is 32.1. The van der Waals surface area contributed by atoms with Crippen LogP contribution in [0.5, 0.6) is 5.06 Å². The fourth-order valence-corrected chi connectivity index (χ4v) is 2.94. The molecule has 9 heteroatoms. The highest BCUT2D eigenvalue weighted by Crippen LogP contribution is 2.36. The van der Waals surface area contributed by atoms with Gasteiger partial charge in [0.15, 0.2) is 10.7 Å². The van der Waals surface area contributed by atoms with Crippen LogP contribution >= 0.6 is 11.3 Å². The maximum Gasteiger partial charge on any atom is 0.339 e. The number of carboxylic acids is 1.